The first-order valence-corrected chi connectivity index (χ1v) is 7.49. The standard InChI is InChI=1S/C13H15N3OS2/c1-9(2)8-18-13-16-15-12(19-13)14-10-4-6-11(17-3)7-5-10/h4-7H,1,8H2,2-3H3,(H,14,15). The summed E-state index contributed by atoms with van der Waals surface area (Å²) in [6.45, 7) is 5.87. The highest BCUT2D eigenvalue weighted by Gasteiger charge is 2.05. The molecule has 6 heteroatoms. The maximum absolute atomic E-state index is 5.11. The highest BCUT2D eigenvalue weighted by atomic mass is 32.2. The van der Waals surface area contributed by atoms with Crippen molar-refractivity contribution in [3.05, 3.63) is 36.4 Å². The second-order valence-electron chi connectivity index (χ2n) is 3.97. The minimum absolute atomic E-state index is 0.786. The smallest absolute Gasteiger partial charge is 0.210 e. The van der Waals surface area contributed by atoms with Gasteiger partial charge in [-0.25, -0.2) is 0 Å². The van der Waals surface area contributed by atoms with Crippen LogP contribution in [0, 0.1) is 0 Å². The molecular weight excluding hydrogens is 278 g/mol. The van der Waals surface area contributed by atoms with Gasteiger partial charge in [-0.05, 0) is 31.2 Å². The van der Waals surface area contributed by atoms with Crippen molar-refractivity contribution in [1.82, 2.24) is 10.2 Å². The molecule has 0 aliphatic carbocycles. The topological polar surface area (TPSA) is 47.0 Å². The molecule has 100 valence electrons. The highest BCUT2D eigenvalue weighted by Crippen LogP contribution is 2.28. The summed E-state index contributed by atoms with van der Waals surface area (Å²) in [5.41, 5.74) is 2.10. The maximum Gasteiger partial charge on any atom is 0.210 e. The summed E-state index contributed by atoms with van der Waals surface area (Å²) in [7, 11) is 1.65. The Bertz CT molecular complexity index is 551. The van der Waals surface area contributed by atoms with Gasteiger partial charge in [-0.2, -0.15) is 0 Å². The Kier molecular flexibility index (Phi) is 4.81. The summed E-state index contributed by atoms with van der Waals surface area (Å²) in [6, 6.07) is 7.70. The molecule has 0 spiro atoms. The largest absolute Gasteiger partial charge is 0.497 e. The third kappa shape index (κ3) is 4.25. The lowest BCUT2D eigenvalue weighted by molar-refractivity contribution is 0.415. The van der Waals surface area contributed by atoms with E-state index < -0.39 is 0 Å². The number of hydrogen-bond acceptors (Lipinski definition) is 6. The zero-order valence-corrected chi connectivity index (χ0v) is 12.5. The van der Waals surface area contributed by atoms with Crippen molar-refractivity contribution in [3.63, 3.8) is 0 Å². The van der Waals surface area contributed by atoms with Crippen LogP contribution in [0.4, 0.5) is 10.8 Å². The molecular formula is C13H15N3OS2. The second-order valence-corrected chi connectivity index (χ2v) is 6.17. The minimum Gasteiger partial charge on any atom is -0.497 e. The van der Waals surface area contributed by atoms with Gasteiger partial charge in [-0.1, -0.05) is 35.3 Å². The first-order valence-electron chi connectivity index (χ1n) is 5.69. The van der Waals surface area contributed by atoms with E-state index in [1.54, 1.807) is 18.9 Å². The second kappa shape index (κ2) is 6.58. The van der Waals surface area contributed by atoms with Crippen molar-refractivity contribution in [2.24, 2.45) is 0 Å². The lowest BCUT2D eigenvalue weighted by Crippen LogP contribution is -1.89. The van der Waals surface area contributed by atoms with Gasteiger partial charge in [0.2, 0.25) is 5.13 Å². The number of rotatable bonds is 6. The monoisotopic (exact) mass is 293 g/mol. The maximum atomic E-state index is 5.11. The summed E-state index contributed by atoms with van der Waals surface area (Å²) < 4.78 is 6.06. The van der Waals surface area contributed by atoms with Gasteiger partial charge in [0.1, 0.15) is 5.75 Å². The average molecular weight is 293 g/mol. The van der Waals surface area contributed by atoms with Crippen molar-refractivity contribution in [1.29, 1.82) is 0 Å². The molecule has 0 fully saturated rings. The molecule has 0 amide bonds. The number of benzene rings is 1. The fourth-order valence-electron chi connectivity index (χ4n) is 1.30. The van der Waals surface area contributed by atoms with E-state index in [0.717, 1.165) is 32.2 Å². The summed E-state index contributed by atoms with van der Waals surface area (Å²) in [5.74, 6) is 1.71. The molecule has 0 aliphatic heterocycles. The van der Waals surface area contributed by atoms with Gasteiger partial charge in [0.05, 0.1) is 7.11 Å². The van der Waals surface area contributed by atoms with E-state index >= 15 is 0 Å². The Morgan fingerprint density at radius 3 is 2.74 bits per heavy atom. The Morgan fingerprint density at radius 2 is 2.11 bits per heavy atom. The molecule has 1 heterocycles. The summed E-state index contributed by atoms with van der Waals surface area (Å²) in [4.78, 5) is 0. The normalized spacial score (nSPS) is 10.2. The molecule has 2 aromatic rings. The molecule has 1 N–H and O–H groups in total. The molecule has 2 rings (SSSR count). The number of aromatic nitrogens is 2. The molecule has 0 saturated carbocycles. The van der Waals surface area contributed by atoms with E-state index in [9.17, 15) is 0 Å². The summed E-state index contributed by atoms with van der Waals surface area (Å²) in [5, 5.41) is 12.2. The van der Waals surface area contributed by atoms with Crippen LogP contribution in [0.25, 0.3) is 0 Å². The molecule has 0 saturated heterocycles. The molecule has 0 radical (unpaired) electrons. The molecule has 19 heavy (non-hydrogen) atoms. The zero-order chi connectivity index (χ0) is 13.7. The Labute approximate surface area is 120 Å². The number of hydrogen-bond donors (Lipinski definition) is 1. The van der Waals surface area contributed by atoms with Crippen molar-refractivity contribution in [2.45, 2.75) is 11.3 Å². The van der Waals surface area contributed by atoms with Crippen LogP contribution in [0.5, 0.6) is 5.75 Å². The molecule has 4 nitrogen and oxygen atoms in total. The van der Waals surface area contributed by atoms with Gasteiger partial charge in [-0.15, -0.1) is 10.2 Å². The van der Waals surface area contributed by atoms with Crippen molar-refractivity contribution < 1.29 is 4.74 Å². The van der Waals surface area contributed by atoms with E-state index in [4.69, 9.17) is 4.74 Å². The summed E-state index contributed by atoms with van der Waals surface area (Å²) >= 11 is 3.19. The van der Waals surface area contributed by atoms with Crippen LogP contribution >= 0.6 is 23.1 Å². The van der Waals surface area contributed by atoms with E-state index in [1.165, 1.54) is 11.3 Å². The minimum atomic E-state index is 0.786. The van der Waals surface area contributed by atoms with Gasteiger partial charge in [-0.3, -0.25) is 0 Å². The molecule has 0 unspecified atom stereocenters. The number of nitrogens with one attached hydrogen (secondary N) is 1. The van der Waals surface area contributed by atoms with Crippen molar-refractivity contribution in [2.75, 3.05) is 18.2 Å². The molecule has 0 aliphatic rings. The predicted octanol–water partition coefficient (Wildman–Crippen LogP) is 3.96. The van der Waals surface area contributed by atoms with Gasteiger partial charge >= 0.3 is 0 Å². The van der Waals surface area contributed by atoms with Crippen LogP contribution < -0.4 is 10.1 Å². The third-order valence-corrected chi connectivity index (χ3v) is 4.39. The van der Waals surface area contributed by atoms with Crippen molar-refractivity contribution >= 4 is 33.9 Å². The van der Waals surface area contributed by atoms with Crippen LogP contribution in [0.2, 0.25) is 0 Å². The third-order valence-electron chi connectivity index (χ3n) is 2.19. The van der Waals surface area contributed by atoms with E-state index in [1.807, 2.05) is 31.2 Å². The Morgan fingerprint density at radius 1 is 1.37 bits per heavy atom. The lowest BCUT2D eigenvalue weighted by Gasteiger charge is -2.03. The summed E-state index contributed by atoms with van der Waals surface area (Å²) in [6.07, 6.45) is 0. The molecule has 1 aromatic carbocycles. The fourth-order valence-corrected chi connectivity index (χ4v) is 2.92. The molecule has 1 aromatic heterocycles. The SMILES string of the molecule is C=C(C)CSc1nnc(Nc2ccc(OC)cc2)s1. The average Bonchev–Trinajstić information content (AvgIpc) is 2.85. The van der Waals surface area contributed by atoms with Crippen LogP contribution in [0.3, 0.4) is 0 Å². The lowest BCUT2D eigenvalue weighted by atomic mass is 10.3. The molecule has 0 bridgehead atoms. The van der Waals surface area contributed by atoms with E-state index in [0.29, 0.717) is 0 Å². The van der Waals surface area contributed by atoms with Gasteiger partial charge in [0.25, 0.3) is 0 Å². The van der Waals surface area contributed by atoms with E-state index in [2.05, 4.69) is 22.1 Å². The fraction of sp³-hybridized carbons (Fsp3) is 0.231. The zero-order valence-electron chi connectivity index (χ0n) is 10.8. The predicted molar refractivity (Wildman–Crippen MR) is 81.7 cm³/mol. The van der Waals surface area contributed by atoms with Crippen molar-refractivity contribution in [3.8, 4) is 5.75 Å². The van der Waals surface area contributed by atoms with E-state index in [-0.39, 0.29) is 0 Å². The van der Waals surface area contributed by atoms with Gasteiger partial charge < -0.3 is 10.1 Å². The first kappa shape index (κ1) is 13.9. The van der Waals surface area contributed by atoms with Crippen LogP contribution in [-0.4, -0.2) is 23.1 Å². The quantitative estimate of drug-likeness (QED) is 0.645. The Hall–Kier alpha value is -1.53. The number of ether oxygens (including phenoxy) is 1. The van der Waals surface area contributed by atoms with Gasteiger partial charge in [0.15, 0.2) is 4.34 Å². The van der Waals surface area contributed by atoms with Gasteiger partial charge in [0, 0.05) is 11.4 Å². The Balaban J connectivity index is 1.96. The number of nitrogens with zero attached hydrogens (tertiary/aromatic N) is 2. The molecule has 0 atom stereocenters. The van der Waals surface area contributed by atoms with Crippen LogP contribution in [-0.2, 0) is 0 Å². The first-order chi connectivity index (χ1) is 9.17. The van der Waals surface area contributed by atoms with Crippen LogP contribution in [0.1, 0.15) is 6.92 Å². The number of methoxy groups -OCH3 is 1. The number of thioether (sulfide) groups is 1. The highest BCUT2D eigenvalue weighted by molar-refractivity contribution is 8.01. The van der Waals surface area contributed by atoms with Crippen LogP contribution in [0.15, 0.2) is 40.8 Å². The number of anilines is 2.